The highest BCUT2D eigenvalue weighted by molar-refractivity contribution is 5.90. The highest BCUT2D eigenvalue weighted by Gasteiger charge is 2.30. The average molecular weight is 272 g/mol. The van der Waals surface area contributed by atoms with Crippen molar-refractivity contribution in [2.75, 3.05) is 30.4 Å². The molecule has 1 atom stereocenters. The summed E-state index contributed by atoms with van der Waals surface area (Å²) < 4.78 is 0. The van der Waals surface area contributed by atoms with Crippen LogP contribution in [0.3, 0.4) is 0 Å². The molecule has 1 fully saturated rings. The summed E-state index contributed by atoms with van der Waals surface area (Å²) >= 11 is 0. The number of benzene rings is 1. The molecule has 1 aromatic carbocycles. The van der Waals surface area contributed by atoms with Gasteiger partial charge in [0, 0.05) is 25.5 Å². The van der Waals surface area contributed by atoms with Crippen molar-refractivity contribution in [3.63, 3.8) is 0 Å². The van der Waals surface area contributed by atoms with E-state index in [-0.39, 0.29) is 0 Å². The highest BCUT2D eigenvalue weighted by atomic mass is 16.3. The minimum atomic E-state index is -0.649. The maximum Gasteiger partial charge on any atom is 0.224 e. The molecule has 2 N–H and O–H groups in total. The number of nitrogens with zero attached hydrogens (tertiary/aromatic N) is 3. The summed E-state index contributed by atoms with van der Waals surface area (Å²) in [4.78, 5) is 11.2. The Balaban J connectivity index is 2.09. The van der Waals surface area contributed by atoms with E-state index >= 15 is 0 Å². The number of anilines is 2. The molecule has 1 aromatic heterocycles. The van der Waals surface area contributed by atoms with Crippen LogP contribution in [0.25, 0.3) is 10.9 Å². The van der Waals surface area contributed by atoms with Crippen molar-refractivity contribution in [2.24, 2.45) is 0 Å². The molecule has 3 rings (SSSR count). The number of aromatic nitrogens is 2. The number of hydrogen-bond donors (Lipinski definition) is 2. The largest absolute Gasteiger partial charge is 0.388 e. The van der Waals surface area contributed by atoms with E-state index < -0.39 is 5.60 Å². The predicted molar refractivity (Wildman–Crippen MR) is 81.2 cm³/mol. The standard InChI is InChI=1S/C15H20N4O/c1-15(20)8-5-9-19(10-15)13-11-6-3-4-7-12(11)17-14(16-2)18-13/h3-4,6-7,20H,5,8-10H2,1-2H3,(H,16,17,18). The van der Waals surface area contributed by atoms with E-state index in [1.807, 2.05) is 38.2 Å². The Morgan fingerprint density at radius 2 is 2.10 bits per heavy atom. The number of β-amino-alcohol motifs (C(OH)–C–C–N with tert-alkyl or cyclic N) is 1. The van der Waals surface area contributed by atoms with E-state index in [9.17, 15) is 5.11 Å². The molecule has 5 nitrogen and oxygen atoms in total. The van der Waals surface area contributed by atoms with Crippen molar-refractivity contribution in [1.29, 1.82) is 0 Å². The molecule has 5 heteroatoms. The molecular weight excluding hydrogens is 252 g/mol. The molecular formula is C15H20N4O. The lowest BCUT2D eigenvalue weighted by Gasteiger charge is -2.38. The van der Waals surface area contributed by atoms with Gasteiger partial charge in [-0.05, 0) is 31.9 Å². The number of piperidine rings is 1. The van der Waals surface area contributed by atoms with Gasteiger partial charge in [0.05, 0.1) is 11.1 Å². The third kappa shape index (κ3) is 2.41. The van der Waals surface area contributed by atoms with Gasteiger partial charge in [0.1, 0.15) is 5.82 Å². The van der Waals surface area contributed by atoms with E-state index in [2.05, 4.69) is 20.2 Å². The normalized spacial score (nSPS) is 23.1. The van der Waals surface area contributed by atoms with Crippen LogP contribution < -0.4 is 10.2 Å². The van der Waals surface area contributed by atoms with Gasteiger partial charge >= 0.3 is 0 Å². The number of para-hydroxylation sites is 1. The molecule has 0 saturated carbocycles. The molecule has 1 unspecified atom stereocenters. The second kappa shape index (κ2) is 4.90. The molecule has 1 aliphatic heterocycles. The van der Waals surface area contributed by atoms with Crippen LogP contribution >= 0.6 is 0 Å². The first-order chi connectivity index (χ1) is 9.59. The van der Waals surface area contributed by atoms with Crippen LogP contribution in [-0.4, -0.2) is 40.8 Å². The Bertz CT molecular complexity index is 626. The quantitative estimate of drug-likeness (QED) is 0.876. The maximum absolute atomic E-state index is 10.3. The molecule has 1 saturated heterocycles. The van der Waals surface area contributed by atoms with Crippen LogP contribution in [0.4, 0.5) is 11.8 Å². The van der Waals surface area contributed by atoms with Crippen LogP contribution in [0.5, 0.6) is 0 Å². The number of rotatable bonds is 2. The molecule has 0 spiro atoms. The SMILES string of the molecule is CNc1nc(N2CCCC(C)(O)C2)c2ccccc2n1. The zero-order chi connectivity index (χ0) is 14.2. The predicted octanol–water partition coefficient (Wildman–Crippen LogP) is 2.02. The Morgan fingerprint density at radius 1 is 1.30 bits per heavy atom. The average Bonchev–Trinajstić information content (AvgIpc) is 2.45. The van der Waals surface area contributed by atoms with Crippen molar-refractivity contribution in [3.05, 3.63) is 24.3 Å². The summed E-state index contributed by atoms with van der Waals surface area (Å²) in [5.74, 6) is 1.52. The topological polar surface area (TPSA) is 61.3 Å². The van der Waals surface area contributed by atoms with Gasteiger partial charge in [-0.1, -0.05) is 12.1 Å². The lowest BCUT2D eigenvalue weighted by atomic mass is 9.95. The zero-order valence-electron chi connectivity index (χ0n) is 11.9. The molecule has 20 heavy (non-hydrogen) atoms. The summed E-state index contributed by atoms with van der Waals surface area (Å²) in [6, 6.07) is 8.00. The van der Waals surface area contributed by atoms with Crippen LogP contribution in [0.15, 0.2) is 24.3 Å². The minimum Gasteiger partial charge on any atom is -0.388 e. The Kier molecular flexibility index (Phi) is 3.22. The Labute approximate surface area is 118 Å². The Morgan fingerprint density at radius 3 is 2.85 bits per heavy atom. The molecule has 0 amide bonds. The van der Waals surface area contributed by atoms with Gasteiger partial charge in [-0.2, -0.15) is 4.98 Å². The first-order valence-corrected chi connectivity index (χ1v) is 7.01. The van der Waals surface area contributed by atoms with Crippen molar-refractivity contribution in [1.82, 2.24) is 9.97 Å². The number of fused-ring (bicyclic) bond motifs is 1. The Hall–Kier alpha value is -1.88. The smallest absolute Gasteiger partial charge is 0.224 e. The van der Waals surface area contributed by atoms with Gasteiger partial charge in [0.2, 0.25) is 5.95 Å². The minimum absolute atomic E-state index is 0.608. The molecule has 0 radical (unpaired) electrons. The van der Waals surface area contributed by atoms with E-state index in [0.29, 0.717) is 12.5 Å². The fraction of sp³-hybridized carbons (Fsp3) is 0.467. The van der Waals surface area contributed by atoms with Gasteiger partial charge in [0.15, 0.2) is 0 Å². The first-order valence-electron chi connectivity index (χ1n) is 7.01. The van der Waals surface area contributed by atoms with Crippen molar-refractivity contribution in [3.8, 4) is 0 Å². The number of nitrogens with one attached hydrogen (secondary N) is 1. The fourth-order valence-electron chi connectivity index (χ4n) is 2.81. The number of aliphatic hydroxyl groups is 1. The second-order valence-corrected chi connectivity index (χ2v) is 5.66. The fourth-order valence-corrected chi connectivity index (χ4v) is 2.81. The van der Waals surface area contributed by atoms with Crippen molar-refractivity contribution < 1.29 is 5.11 Å². The van der Waals surface area contributed by atoms with Crippen molar-refractivity contribution in [2.45, 2.75) is 25.4 Å². The summed E-state index contributed by atoms with van der Waals surface area (Å²) in [6.07, 6.45) is 1.81. The molecule has 2 heterocycles. The third-order valence-electron chi connectivity index (χ3n) is 3.78. The third-order valence-corrected chi connectivity index (χ3v) is 3.78. The van der Waals surface area contributed by atoms with E-state index in [0.717, 1.165) is 36.1 Å². The lowest BCUT2D eigenvalue weighted by molar-refractivity contribution is 0.0448. The van der Waals surface area contributed by atoms with Crippen LogP contribution in [0.2, 0.25) is 0 Å². The van der Waals surface area contributed by atoms with E-state index in [4.69, 9.17) is 0 Å². The van der Waals surface area contributed by atoms with Gasteiger partial charge in [-0.25, -0.2) is 4.98 Å². The maximum atomic E-state index is 10.3. The summed E-state index contributed by atoms with van der Waals surface area (Å²) in [7, 11) is 1.82. The van der Waals surface area contributed by atoms with Gasteiger partial charge < -0.3 is 15.3 Å². The molecule has 106 valence electrons. The summed E-state index contributed by atoms with van der Waals surface area (Å²) in [5, 5.41) is 14.3. The summed E-state index contributed by atoms with van der Waals surface area (Å²) in [5.41, 5.74) is 0.275. The number of hydrogen-bond acceptors (Lipinski definition) is 5. The van der Waals surface area contributed by atoms with Crippen LogP contribution in [0, 0.1) is 0 Å². The zero-order valence-corrected chi connectivity index (χ0v) is 11.9. The monoisotopic (exact) mass is 272 g/mol. The van der Waals surface area contributed by atoms with Gasteiger partial charge in [-0.3, -0.25) is 0 Å². The summed E-state index contributed by atoms with van der Waals surface area (Å²) in [6.45, 7) is 3.42. The highest BCUT2D eigenvalue weighted by Crippen LogP contribution is 2.30. The first kappa shape index (κ1) is 13.1. The van der Waals surface area contributed by atoms with Crippen LogP contribution in [0.1, 0.15) is 19.8 Å². The van der Waals surface area contributed by atoms with Crippen LogP contribution in [-0.2, 0) is 0 Å². The second-order valence-electron chi connectivity index (χ2n) is 5.66. The van der Waals surface area contributed by atoms with E-state index in [1.165, 1.54) is 0 Å². The molecule has 1 aliphatic rings. The van der Waals surface area contributed by atoms with Gasteiger partial charge in [-0.15, -0.1) is 0 Å². The molecule has 0 bridgehead atoms. The van der Waals surface area contributed by atoms with Crippen molar-refractivity contribution >= 4 is 22.7 Å². The van der Waals surface area contributed by atoms with E-state index in [1.54, 1.807) is 0 Å². The molecule has 2 aromatic rings. The molecule has 0 aliphatic carbocycles. The lowest BCUT2D eigenvalue weighted by Crippen LogP contribution is -2.46. The van der Waals surface area contributed by atoms with Gasteiger partial charge in [0.25, 0.3) is 0 Å².